The first-order valence-electron chi connectivity index (χ1n) is 26.4. The molecular weight excluding hydrogens is 847 g/mol. The van der Waals surface area contributed by atoms with E-state index in [1.165, 1.54) is 111 Å². The van der Waals surface area contributed by atoms with E-state index in [0.717, 1.165) is 40.4 Å². The van der Waals surface area contributed by atoms with Crippen LogP contribution in [0.3, 0.4) is 0 Å². The highest BCUT2D eigenvalue weighted by molar-refractivity contribution is 5.98. The number of nitrogens with zero attached hydrogens (tertiary/aromatic N) is 2. The summed E-state index contributed by atoms with van der Waals surface area (Å²) >= 11 is 0. The van der Waals surface area contributed by atoms with Gasteiger partial charge in [-0.15, -0.1) is 0 Å². The van der Waals surface area contributed by atoms with Crippen molar-refractivity contribution in [1.82, 2.24) is 0 Å². The van der Waals surface area contributed by atoms with Crippen molar-refractivity contribution in [3.63, 3.8) is 0 Å². The summed E-state index contributed by atoms with van der Waals surface area (Å²) in [4.78, 5) is 5.14. The molecule has 0 amide bonds. The van der Waals surface area contributed by atoms with Crippen LogP contribution in [0.1, 0.15) is 166 Å². The van der Waals surface area contributed by atoms with E-state index in [1.54, 1.807) is 0 Å². The second-order valence-electron chi connectivity index (χ2n) is 23.0. The van der Waals surface area contributed by atoms with E-state index < -0.39 is 0 Å². The van der Waals surface area contributed by atoms with Gasteiger partial charge in [-0.1, -0.05) is 153 Å². The normalized spacial score (nSPS) is 16.3. The summed E-state index contributed by atoms with van der Waals surface area (Å²) in [6.07, 6.45) is 10.5. The van der Waals surface area contributed by atoms with Crippen LogP contribution in [0.5, 0.6) is 0 Å². The molecule has 1 unspecified atom stereocenters. The van der Waals surface area contributed by atoms with Crippen molar-refractivity contribution in [2.24, 2.45) is 11.3 Å². The molecule has 364 valence electrons. The second-order valence-corrected chi connectivity index (χ2v) is 23.0. The van der Waals surface area contributed by atoms with Crippen LogP contribution >= 0.6 is 0 Å². The number of benzene rings is 6. The molecule has 0 heterocycles. The highest BCUT2D eigenvalue weighted by Crippen LogP contribution is 2.54. The monoisotopic (exact) mass is 928 g/mol. The lowest BCUT2D eigenvalue weighted by molar-refractivity contribution is 0.334. The first-order chi connectivity index (χ1) is 33.3. The van der Waals surface area contributed by atoms with Gasteiger partial charge < -0.3 is 15.1 Å². The van der Waals surface area contributed by atoms with Gasteiger partial charge in [-0.3, -0.25) is 0 Å². The minimum Gasteiger partial charge on any atom is -0.355 e. The molecule has 70 heavy (non-hydrogen) atoms. The summed E-state index contributed by atoms with van der Waals surface area (Å²) in [5.74, 6) is 1.38. The largest absolute Gasteiger partial charge is 0.355 e. The average Bonchev–Trinajstić information content (AvgIpc) is 3.33. The van der Waals surface area contributed by atoms with Gasteiger partial charge in [-0.2, -0.15) is 0 Å². The Labute approximate surface area is 423 Å². The third kappa shape index (κ3) is 10.7. The summed E-state index contributed by atoms with van der Waals surface area (Å²) in [5.41, 5.74) is 23.6. The summed E-state index contributed by atoms with van der Waals surface area (Å²) in [5, 5.41) is 4.13. The molecule has 6 aromatic carbocycles. The number of nitrogens with one attached hydrogen (secondary N) is 1. The number of aryl methyl sites for hydroxylation is 2. The topological polar surface area (TPSA) is 18.5 Å². The van der Waals surface area contributed by atoms with Gasteiger partial charge in [0.25, 0.3) is 0 Å². The fourth-order valence-corrected chi connectivity index (χ4v) is 11.3. The second kappa shape index (κ2) is 20.7. The lowest BCUT2D eigenvalue weighted by Gasteiger charge is -2.43. The van der Waals surface area contributed by atoms with Gasteiger partial charge >= 0.3 is 0 Å². The zero-order valence-electron chi connectivity index (χ0n) is 45.0. The van der Waals surface area contributed by atoms with Crippen molar-refractivity contribution in [2.75, 3.05) is 15.1 Å². The first-order valence-corrected chi connectivity index (χ1v) is 26.4. The van der Waals surface area contributed by atoms with E-state index in [1.807, 2.05) is 6.08 Å². The number of anilines is 7. The fraction of sp³-hybridized carbons (Fsp3) is 0.373. The Bertz CT molecular complexity index is 2890. The Morgan fingerprint density at radius 1 is 0.729 bits per heavy atom. The van der Waals surface area contributed by atoms with Crippen molar-refractivity contribution >= 4 is 45.9 Å². The molecule has 0 aliphatic heterocycles. The van der Waals surface area contributed by atoms with Crippen LogP contribution in [0.2, 0.25) is 0 Å². The molecule has 3 nitrogen and oxygen atoms in total. The smallest absolute Gasteiger partial charge is 0.0564 e. The van der Waals surface area contributed by atoms with Crippen LogP contribution in [0.4, 0.5) is 39.8 Å². The van der Waals surface area contributed by atoms with Gasteiger partial charge in [0.05, 0.1) is 5.69 Å². The zero-order chi connectivity index (χ0) is 50.1. The van der Waals surface area contributed by atoms with Crippen LogP contribution in [-0.2, 0) is 5.41 Å². The SMILES string of the molecule is C=Cc1cccc(Nc2cc(C3CCCCC3)cc(N(C(=C(C)C)C3=C(C)C(C)CCC3(C)C)c3ccc(C(C)C)cc3)c2-c2cc(N(c3ccc(C(C)(C)C)cc3)c3cccc(C)c3)ccc2C)c1. The van der Waals surface area contributed by atoms with Gasteiger partial charge in [0.2, 0.25) is 0 Å². The Morgan fingerprint density at radius 2 is 1.39 bits per heavy atom. The molecule has 1 N–H and O–H groups in total. The van der Waals surface area contributed by atoms with E-state index in [4.69, 9.17) is 0 Å². The maximum absolute atomic E-state index is 4.17. The van der Waals surface area contributed by atoms with Crippen LogP contribution in [0, 0.1) is 25.2 Å². The van der Waals surface area contributed by atoms with Gasteiger partial charge in [-0.05, 0) is 206 Å². The molecule has 1 fully saturated rings. The summed E-state index contributed by atoms with van der Waals surface area (Å²) < 4.78 is 0. The van der Waals surface area contributed by atoms with Gasteiger partial charge in [-0.25, -0.2) is 0 Å². The molecule has 0 radical (unpaired) electrons. The Hall–Kier alpha value is -6.06. The van der Waals surface area contributed by atoms with Gasteiger partial charge in [0.15, 0.2) is 0 Å². The van der Waals surface area contributed by atoms with Crippen LogP contribution in [-0.4, -0.2) is 0 Å². The number of rotatable bonds is 13. The van der Waals surface area contributed by atoms with Crippen LogP contribution in [0.25, 0.3) is 17.2 Å². The molecule has 6 aromatic rings. The molecule has 0 spiro atoms. The van der Waals surface area contributed by atoms with E-state index >= 15 is 0 Å². The molecule has 2 aliphatic rings. The predicted molar refractivity (Wildman–Crippen MR) is 306 cm³/mol. The van der Waals surface area contributed by atoms with E-state index in [-0.39, 0.29) is 10.8 Å². The Kier molecular flexibility index (Phi) is 14.9. The quantitative estimate of drug-likeness (QED) is 0.124. The maximum atomic E-state index is 4.17. The van der Waals surface area contributed by atoms with E-state index in [9.17, 15) is 0 Å². The highest BCUT2D eigenvalue weighted by Gasteiger charge is 2.38. The molecular formula is C67H81N3. The number of hydrogen-bond acceptors (Lipinski definition) is 3. The minimum atomic E-state index is -0.0284. The Balaban J connectivity index is 1.50. The predicted octanol–water partition coefficient (Wildman–Crippen LogP) is 20.5. The van der Waals surface area contributed by atoms with Crippen molar-refractivity contribution in [3.05, 3.63) is 190 Å². The molecule has 3 heteroatoms. The van der Waals surface area contributed by atoms with E-state index in [2.05, 4.69) is 239 Å². The third-order valence-electron chi connectivity index (χ3n) is 15.6. The lowest BCUT2D eigenvalue weighted by Crippen LogP contribution is -2.32. The summed E-state index contributed by atoms with van der Waals surface area (Å²) in [6, 6.07) is 48.7. The number of hydrogen-bond donors (Lipinski definition) is 1. The van der Waals surface area contributed by atoms with Crippen molar-refractivity contribution in [3.8, 4) is 11.1 Å². The molecule has 8 rings (SSSR count). The van der Waals surface area contributed by atoms with Gasteiger partial charge in [0, 0.05) is 45.4 Å². The van der Waals surface area contributed by atoms with Crippen molar-refractivity contribution in [1.29, 1.82) is 0 Å². The van der Waals surface area contributed by atoms with Crippen molar-refractivity contribution in [2.45, 2.75) is 152 Å². The molecule has 2 aliphatic carbocycles. The standard InChI is InChI=1S/C67H81N3/c1-15-50-22-20-25-55(40-50)68-61-41-53(52-23-17-16-18-24-52)42-62(70(57-33-28-51(29-34-57)44(2)3)65(45(4)5)64-49(9)47(7)37-38-67(64,13)14)63(61)60-43-59(32-27-48(60)8)69(58-26-19-21-46(6)39-58)56-35-30-54(31-36-56)66(10,11)12/h15,19-22,25-36,39-44,47,52,68H,1,16-18,23-24,37-38H2,2-14H3. The molecule has 1 atom stereocenters. The maximum Gasteiger partial charge on any atom is 0.0564 e. The molecule has 1 saturated carbocycles. The Morgan fingerprint density at radius 3 is 2.03 bits per heavy atom. The third-order valence-corrected chi connectivity index (χ3v) is 15.6. The molecule has 0 aromatic heterocycles. The van der Waals surface area contributed by atoms with E-state index in [0.29, 0.717) is 17.8 Å². The zero-order valence-corrected chi connectivity index (χ0v) is 45.0. The lowest BCUT2D eigenvalue weighted by atomic mass is 9.67. The first kappa shape index (κ1) is 50.3. The number of allylic oxidation sites excluding steroid dienone is 3. The highest BCUT2D eigenvalue weighted by atomic mass is 15.2. The molecule has 0 bridgehead atoms. The van der Waals surface area contributed by atoms with Crippen LogP contribution < -0.4 is 15.1 Å². The summed E-state index contributed by atoms with van der Waals surface area (Å²) in [7, 11) is 0. The summed E-state index contributed by atoms with van der Waals surface area (Å²) in [6.45, 7) is 34.7. The fourth-order valence-electron chi connectivity index (χ4n) is 11.3. The molecule has 0 saturated heterocycles. The average molecular weight is 928 g/mol. The van der Waals surface area contributed by atoms with Gasteiger partial charge in [0.1, 0.15) is 0 Å². The van der Waals surface area contributed by atoms with Crippen LogP contribution in [0.15, 0.2) is 156 Å². The van der Waals surface area contributed by atoms with Crippen molar-refractivity contribution < 1.29 is 0 Å². The minimum absolute atomic E-state index is 0.0284.